The van der Waals surface area contributed by atoms with E-state index in [2.05, 4.69) is 18.9 Å². The molecule has 1 aliphatic carbocycles. The highest BCUT2D eigenvalue weighted by molar-refractivity contribution is 7.18. The first-order chi connectivity index (χ1) is 13.0. The maximum Gasteiger partial charge on any atom is 0.283 e. The van der Waals surface area contributed by atoms with Gasteiger partial charge in [-0.15, -0.1) is 16.4 Å². The first kappa shape index (κ1) is 18.6. The van der Waals surface area contributed by atoms with Crippen molar-refractivity contribution in [2.24, 2.45) is 5.10 Å². The Balaban J connectivity index is 1.89. The molecule has 0 unspecified atom stereocenters. The molecule has 0 N–H and O–H groups in total. The molecule has 6 nitrogen and oxygen atoms in total. The van der Waals surface area contributed by atoms with Gasteiger partial charge in [0.15, 0.2) is 6.40 Å². The van der Waals surface area contributed by atoms with Crippen LogP contribution in [-0.2, 0) is 22.5 Å². The van der Waals surface area contributed by atoms with E-state index in [1.807, 2.05) is 6.92 Å². The minimum absolute atomic E-state index is 0.0771. The summed E-state index contributed by atoms with van der Waals surface area (Å²) in [6, 6.07) is 0. The van der Waals surface area contributed by atoms with Crippen LogP contribution in [0.5, 0.6) is 0 Å². The zero-order valence-corrected chi connectivity index (χ0v) is 17.1. The summed E-state index contributed by atoms with van der Waals surface area (Å²) in [4.78, 5) is 20.3. The van der Waals surface area contributed by atoms with E-state index in [4.69, 9.17) is 14.5 Å². The molecule has 0 atom stereocenters. The third kappa shape index (κ3) is 3.55. The Hall–Kier alpha value is -1.73. The molecule has 0 saturated heterocycles. The van der Waals surface area contributed by atoms with E-state index in [9.17, 15) is 4.79 Å². The van der Waals surface area contributed by atoms with Gasteiger partial charge in [0.05, 0.1) is 24.2 Å². The lowest BCUT2D eigenvalue weighted by Gasteiger charge is -2.30. The number of hydrogen-bond acceptors (Lipinski definition) is 6. The van der Waals surface area contributed by atoms with Crippen molar-refractivity contribution < 1.29 is 9.47 Å². The van der Waals surface area contributed by atoms with Crippen molar-refractivity contribution in [3.05, 3.63) is 26.6 Å². The highest BCUT2D eigenvalue weighted by Gasteiger charge is 2.32. The molecular formula is C20H27N3O3S. The van der Waals surface area contributed by atoms with Gasteiger partial charge in [-0.05, 0) is 39.2 Å². The molecule has 3 heterocycles. The van der Waals surface area contributed by atoms with Crippen molar-refractivity contribution in [3.8, 4) is 0 Å². The van der Waals surface area contributed by atoms with Crippen LogP contribution < -0.4 is 5.56 Å². The molecule has 0 amide bonds. The summed E-state index contributed by atoms with van der Waals surface area (Å²) in [6.45, 7) is 7.09. The molecule has 27 heavy (non-hydrogen) atoms. The highest BCUT2D eigenvalue weighted by atomic mass is 32.1. The fourth-order valence-electron chi connectivity index (χ4n) is 4.09. The van der Waals surface area contributed by atoms with Crippen molar-refractivity contribution in [2.75, 3.05) is 6.61 Å². The van der Waals surface area contributed by atoms with Crippen LogP contribution in [0.1, 0.15) is 75.1 Å². The van der Waals surface area contributed by atoms with Crippen molar-refractivity contribution in [3.63, 3.8) is 0 Å². The van der Waals surface area contributed by atoms with Crippen LogP contribution in [0.3, 0.4) is 0 Å². The van der Waals surface area contributed by atoms with Gasteiger partial charge in [0.2, 0.25) is 0 Å². The van der Waals surface area contributed by atoms with Crippen molar-refractivity contribution in [2.45, 2.75) is 77.4 Å². The van der Waals surface area contributed by atoms with E-state index < -0.39 is 0 Å². The quantitative estimate of drug-likeness (QED) is 0.581. The molecular weight excluding hydrogens is 362 g/mol. The first-order valence-electron chi connectivity index (χ1n) is 9.86. The molecule has 2 aromatic heterocycles. The Kier molecular flexibility index (Phi) is 5.07. The van der Waals surface area contributed by atoms with Gasteiger partial charge in [0, 0.05) is 17.2 Å². The van der Waals surface area contributed by atoms with Crippen molar-refractivity contribution in [1.29, 1.82) is 0 Å². The SMILES string of the molecule is CCO/C=N/n1c(C2CCCCC2)nc2sc3c(c2c1=O)CC(C)(C)OC3. The van der Waals surface area contributed by atoms with Crippen LogP contribution >= 0.6 is 11.3 Å². The number of rotatable bonds is 4. The van der Waals surface area contributed by atoms with E-state index >= 15 is 0 Å². The van der Waals surface area contributed by atoms with Crippen LogP contribution in [0.4, 0.5) is 0 Å². The van der Waals surface area contributed by atoms with E-state index in [0.717, 1.165) is 40.4 Å². The molecule has 1 saturated carbocycles. The van der Waals surface area contributed by atoms with Crippen molar-refractivity contribution in [1.82, 2.24) is 9.66 Å². The fraction of sp³-hybridized carbons (Fsp3) is 0.650. The maximum absolute atomic E-state index is 13.4. The molecule has 2 aliphatic rings. The summed E-state index contributed by atoms with van der Waals surface area (Å²) in [7, 11) is 0. The third-order valence-corrected chi connectivity index (χ3v) is 6.58. The monoisotopic (exact) mass is 389 g/mol. The smallest absolute Gasteiger partial charge is 0.283 e. The van der Waals surface area contributed by atoms with E-state index in [-0.39, 0.29) is 17.1 Å². The molecule has 0 spiro atoms. The Morgan fingerprint density at radius 3 is 2.89 bits per heavy atom. The van der Waals surface area contributed by atoms with Gasteiger partial charge in [-0.2, -0.15) is 4.68 Å². The molecule has 4 rings (SSSR count). The lowest BCUT2D eigenvalue weighted by Crippen LogP contribution is -2.32. The standard InChI is InChI=1S/C20H27N3O3S/c1-4-25-12-21-23-17(13-8-6-5-7-9-13)22-18-16(19(23)24)14-10-20(2,3)26-11-15(14)27-18/h12-13H,4-11H2,1-3H3/b21-12+. The Labute approximate surface area is 163 Å². The van der Waals surface area contributed by atoms with Crippen LogP contribution in [-0.4, -0.2) is 28.3 Å². The zero-order valence-electron chi connectivity index (χ0n) is 16.3. The normalized spacial score (nSPS) is 20.3. The first-order valence-corrected chi connectivity index (χ1v) is 10.7. The number of ether oxygens (including phenoxy) is 2. The van der Waals surface area contributed by atoms with Gasteiger partial charge < -0.3 is 9.47 Å². The zero-order chi connectivity index (χ0) is 19.0. The summed E-state index contributed by atoms with van der Waals surface area (Å²) in [5.74, 6) is 1.06. The van der Waals surface area contributed by atoms with Gasteiger partial charge in [-0.3, -0.25) is 4.79 Å². The Bertz CT molecular complexity index is 923. The van der Waals surface area contributed by atoms with E-state index in [0.29, 0.717) is 18.6 Å². The van der Waals surface area contributed by atoms with Gasteiger partial charge in [0.25, 0.3) is 5.56 Å². The maximum atomic E-state index is 13.4. The number of fused-ring (bicyclic) bond motifs is 3. The average molecular weight is 390 g/mol. The summed E-state index contributed by atoms with van der Waals surface area (Å²) in [5.41, 5.74) is 0.737. The number of thiophene rings is 1. The van der Waals surface area contributed by atoms with Crippen LogP contribution in [0.15, 0.2) is 9.90 Å². The minimum Gasteiger partial charge on any atom is -0.482 e. The summed E-state index contributed by atoms with van der Waals surface area (Å²) in [6.07, 6.45) is 7.81. The number of aromatic nitrogens is 2. The average Bonchev–Trinajstić information content (AvgIpc) is 3.01. The number of hydrogen-bond donors (Lipinski definition) is 0. The van der Waals surface area contributed by atoms with E-state index in [1.165, 1.54) is 30.3 Å². The van der Waals surface area contributed by atoms with Gasteiger partial charge in [-0.1, -0.05) is 19.3 Å². The van der Waals surface area contributed by atoms with Gasteiger partial charge in [0.1, 0.15) is 10.7 Å². The van der Waals surface area contributed by atoms with Gasteiger partial charge in [-0.25, -0.2) is 4.98 Å². The highest BCUT2D eigenvalue weighted by Crippen LogP contribution is 2.38. The summed E-state index contributed by atoms with van der Waals surface area (Å²) >= 11 is 1.60. The second kappa shape index (κ2) is 7.36. The third-order valence-electron chi connectivity index (χ3n) is 5.48. The summed E-state index contributed by atoms with van der Waals surface area (Å²) < 4.78 is 12.7. The molecule has 0 aromatic carbocycles. The number of nitrogens with zero attached hydrogens (tertiary/aromatic N) is 3. The minimum atomic E-state index is -0.269. The second-order valence-electron chi connectivity index (χ2n) is 8.01. The topological polar surface area (TPSA) is 65.7 Å². The Morgan fingerprint density at radius 2 is 2.15 bits per heavy atom. The fourth-order valence-corrected chi connectivity index (χ4v) is 5.19. The Morgan fingerprint density at radius 1 is 1.37 bits per heavy atom. The molecule has 2 aromatic rings. The van der Waals surface area contributed by atoms with E-state index in [1.54, 1.807) is 11.3 Å². The van der Waals surface area contributed by atoms with Crippen LogP contribution in [0.2, 0.25) is 0 Å². The molecule has 0 bridgehead atoms. The predicted molar refractivity (Wildman–Crippen MR) is 108 cm³/mol. The summed E-state index contributed by atoms with van der Waals surface area (Å²) in [5, 5.41) is 5.06. The predicted octanol–water partition coefficient (Wildman–Crippen LogP) is 4.18. The van der Waals surface area contributed by atoms with Crippen LogP contribution in [0.25, 0.3) is 10.2 Å². The lowest BCUT2D eigenvalue weighted by molar-refractivity contribution is -0.0379. The molecule has 7 heteroatoms. The van der Waals surface area contributed by atoms with Gasteiger partial charge >= 0.3 is 0 Å². The molecule has 1 aliphatic heterocycles. The molecule has 146 valence electrons. The van der Waals surface area contributed by atoms with Crippen molar-refractivity contribution >= 4 is 28.0 Å². The lowest BCUT2D eigenvalue weighted by atomic mass is 9.88. The molecule has 0 radical (unpaired) electrons. The van der Waals surface area contributed by atoms with Crippen LogP contribution in [0, 0.1) is 0 Å². The largest absolute Gasteiger partial charge is 0.482 e. The second-order valence-corrected chi connectivity index (χ2v) is 9.09. The molecule has 1 fully saturated rings.